The molecule has 2 aromatic carbocycles. The first-order valence-electron chi connectivity index (χ1n) is 23.8. The number of hydrogen-bond donors (Lipinski definition) is 2. The average molecular weight is 964 g/mol. The molecule has 9 atom stereocenters. The van der Waals surface area contributed by atoms with Crippen molar-refractivity contribution in [2.24, 2.45) is 23.7 Å². The Kier molecular flexibility index (Phi) is 14.1. The summed E-state index contributed by atoms with van der Waals surface area (Å²) in [6, 6.07) is 9.86. The van der Waals surface area contributed by atoms with E-state index in [0.717, 1.165) is 5.56 Å². The van der Waals surface area contributed by atoms with E-state index < -0.39 is 88.5 Å². The molecule has 3 aromatic rings. The number of benzene rings is 2. The number of allylic oxidation sites excluding steroid dienone is 4. The third-order valence-corrected chi connectivity index (χ3v) is 14.1. The number of ether oxygens (including phenoxy) is 7. The van der Waals surface area contributed by atoms with Gasteiger partial charge in [-0.3, -0.25) is 19.2 Å². The Morgan fingerprint density at radius 2 is 1.60 bits per heavy atom. The van der Waals surface area contributed by atoms with Crippen LogP contribution in [-0.2, 0) is 39.8 Å². The number of nitrogens with zero attached hydrogens (tertiary/aromatic N) is 3. The van der Waals surface area contributed by atoms with Crippen molar-refractivity contribution in [1.82, 2.24) is 14.8 Å². The van der Waals surface area contributed by atoms with Gasteiger partial charge in [-0.2, -0.15) is 4.79 Å². The van der Waals surface area contributed by atoms with Gasteiger partial charge in [0.25, 0.3) is 18.0 Å². The lowest BCUT2D eigenvalue weighted by Crippen LogP contribution is -2.56. The normalized spacial score (nSPS) is 31.0. The van der Waals surface area contributed by atoms with E-state index in [4.69, 9.17) is 33.2 Å². The van der Waals surface area contributed by atoms with Gasteiger partial charge in [0.1, 0.15) is 47.9 Å². The Hall–Kier alpha value is -6.40. The summed E-state index contributed by atoms with van der Waals surface area (Å²) in [5.41, 5.74) is -0.209. The van der Waals surface area contributed by atoms with Gasteiger partial charge in [-0.1, -0.05) is 76.3 Å². The number of aromatic hydroxyl groups is 1. The molecule has 5 aliphatic heterocycles. The molecule has 17 nitrogen and oxygen atoms in total. The van der Waals surface area contributed by atoms with E-state index in [1.54, 1.807) is 48.8 Å². The fourth-order valence-electron chi connectivity index (χ4n) is 10.2. The van der Waals surface area contributed by atoms with Crippen LogP contribution in [0.1, 0.15) is 97.6 Å². The first-order chi connectivity index (χ1) is 33.2. The fourth-order valence-corrected chi connectivity index (χ4v) is 10.2. The molecule has 0 spiro atoms. The molecule has 6 heterocycles. The fraction of sp³-hybridized carbons (Fsp3) is 0.472. The second-order valence-corrected chi connectivity index (χ2v) is 19.4. The van der Waals surface area contributed by atoms with E-state index in [1.807, 2.05) is 82.5 Å². The molecule has 2 saturated heterocycles. The minimum Gasteiger partial charge on any atom is -0.507 e. The van der Waals surface area contributed by atoms with Crippen LogP contribution in [0.3, 0.4) is 0 Å². The van der Waals surface area contributed by atoms with E-state index in [2.05, 4.69) is 5.32 Å². The van der Waals surface area contributed by atoms with Crippen LogP contribution in [0, 0.1) is 30.6 Å². The summed E-state index contributed by atoms with van der Waals surface area (Å²) < 4.78 is 47.0. The van der Waals surface area contributed by atoms with Crippen molar-refractivity contribution in [3.63, 3.8) is 0 Å². The van der Waals surface area contributed by atoms with Crippen molar-refractivity contribution in [3.05, 3.63) is 124 Å². The van der Waals surface area contributed by atoms with Crippen molar-refractivity contribution in [1.29, 1.82) is 0 Å². The van der Waals surface area contributed by atoms with Gasteiger partial charge in [0, 0.05) is 61.9 Å². The maximum Gasteiger partial charge on any atom is 0.511 e. The number of carbonyl (C=O) groups is 5. The van der Waals surface area contributed by atoms with Gasteiger partial charge in [0.2, 0.25) is 11.6 Å². The number of aromatic nitrogens is 2. The summed E-state index contributed by atoms with van der Waals surface area (Å²) in [6.45, 7) is 17.4. The zero-order valence-electron chi connectivity index (χ0n) is 41.3. The van der Waals surface area contributed by atoms with Gasteiger partial charge in [-0.05, 0) is 39.3 Å². The lowest BCUT2D eigenvalue weighted by atomic mass is 9.77. The Balaban J connectivity index is 1.20. The Morgan fingerprint density at radius 1 is 0.900 bits per heavy atom. The van der Waals surface area contributed by atoms with Crippen molar-refractivity contribution in [3.8, 4) is 11.5 Å². The molecule has 2 fully saturated rings. The van der Waals surface area contributed by atoms with Crippen molar-refractivity contribution >= 4 is 29.4 Å². The Morgan fingerprint density at radius 3 is 2.30 bits per heavy atom. The standard InChI is InChI=1S/C53H62N4O13/c1-29-15-14-16-30(2)50(62)54-40-41(56-22-25-65-26-23-56)44(60)37-38(43(40)59)42(58)32(4)48-39(37)49(61)53(9,70-48)66-24-19-36(64-10)31(3)46(34(6)47-33(5)45(29)68-52(7,8)69-47)67-51(63)57-21-20-55(28-57)27-35-17-12-11-13-18-35/h11-21,24,28-29,31,33-34,36,45-47H,22-23,25-27H2,1-10H3,(H-,54,58,59,60,61,62)/p+1/b15-14+,24-19+,30-16-/t29-,31+,33+,34+,36-,45-,46-,47+,53-/m0/s1. The SMILES string of the molecule is CO[C@H]1/C=C/O[C@@]2(C)Oc3c(C)c(O)c4c(c3C2=O)C(=O)C(N2CCOCC2)=C(NC(=O)/C(C)=C\C=C\[C@H](C)[C@@H]2OC(C)(C)O[C@@H]([C@H](C)[C@@H](OC(=O)n3cc[n+](Cc5ccccc5)c3)[C@@H]1C)[C@@H]2C)C4=O. The summed E-state index contributed by atoms with van der Waals surface area (Å²) >= 11 is 0. The van der Waals surface area contributed by atoms with E-state index >= 15 is 0 Å². The smallest absolute Gasteiger partial charge is 0.507 e. The van der Waals surface area contributed by atoms with Crippen LogP contribution >= 0.6 is 0 Å². The number of morpholine rings is 1. The second-order valence-electron chi connectivity index (χ2n) is 19.4. The molecular weight excluding hydrogens is 901 g/mol. The lowest BCUT2D eigenvalue weighted by molar-refractivity contribution is -0.687. The number of imidazole rings is 1. The maximum absolute atomic E-state index is 14.9. The van der Waals surface area contributed by atoms with Crippen LogP contribution in [0.5, 0.6) is 11.5 Å². The van der Waals surface area contributed by atoms with E-state index in [1.165, 1.54) is 31.8 Å². The predicted octanol–water partition coefficient (Wildman–Crippen LogP) is 6.35. The first-order valence-corrected chi connectivity index (χ1v) is 23.8. The van der Waals surface area contributed by atoms with E-state index in [9.17, 15) is 29.1 Å². The molecule has 0 radical (unpaired) electrons. The number of fused-ring (bicyclic) bond motifs is 10. The topological polar surface area (TPSA) is 194 Å². The van der Waals surface area contributed by atoms with Crippen LogP contribution in [0.2, 0.25) is 0 Å². The third-order valence-electron chi connectivity index (χ3n) is 14.1. The van der Waals surface area contributed by atoms with Gasteiger partial charge in [0.15, 0.2) is 5.79 Å². The van der Waals surface area contributed by atoms with Crippen LogP contribution < -0.4 is 14.6 Å². The summed E-state index contributed by atoms with van der Waals surface area (Å²) in [5, 5.41) is 14.4. The number of Topliss-reactive ketones (excluding diaryl/α,β-unsaturated/α-hetero) is 3. The van der Waals surface area contributed by atoms with Gasteiger partial charge >= 0.3 is 11.9 Å². The highest BCUT2D eigenvalue weighted by Crippen LogP contribution is 2.49. The van der Waals surface area contributed by atoms with Crippen LogP contribution in [0.25, 0.3) is 0 Å². The molecule has 0 saturated carbocycles. The van der Waals surface area contributed by atoms with Gasteiger partial charge in [-0.15, -0.1) is 4.57 Å². The number of phenolic OH excluding ortho intramolecular Hbond substituents is 1. The first kappa shape index (κ1) is 50.0. The van der Waals surface area contributed by atoms with Crippen molar-refractivity contribution < 1.29 is 66.8 Å². The monoisotopic (exact) mass is 963 g/mol. The molecule has 372 valence electrons. The summed E-state index contributed by atoms with van der Waals surface area (Å²) in [5.74, 6) is -8.42. The highest BCUT2D eigenvalue weighted by atomic mass is 16.7. The maximum atomic E-state index is 14.9. The predicted molar refractivity (Wildman–Crippen MR) is 253 cm³/mol. The number of nitrogens with one attached hydrogen (secondary N) is 1. The molecule has 1 aliphatic carbocycles. The molecule has 1 aromatic heterocycles. The second kappa shape index (κ2) is 19.8. The molecule has 1 amide bonds. The summed E-state index contributed by atoms with van der Waals surface area (Å²) in [6.07, 6.45) is 10.0. The quantitative estimate of drug-likeness (QED) is 0.269. The highest BCUT2D eigenvalue weighted by molar-refractivity contribution is 6.32. The van der Waals surface area contributed by atoms with Gasteiger partial charge in [0.05, 0.1) is 54.5 Å². The Bertz CT molecular complexity index is 2700. The summed E-state index contributed by atoms with van der Waals surface area (Å²) in [7, 11) is 1.51. The molecule has 17 heteroatoms. The largest absolute Gasteiger partial charge is 0.511 e. The summed E-state index contributed by atoms with van der Waals surface area (Å²) in [4.78, 5) is 74.1. The number of rotatable bonds is 5. The minimum atomic E-state index is -2.08. The van der Waals surface area contributed by atoms with Crippen LogP contribution in [0.4, 0.5) is 4.79 Å². The van der Waals surface area contributed by atoms with Crippen LogP contribution in [-0.4, -0.2) is 113 Å². The van der Waals surface area contributed by atoms with Crippen LogP contribution in [0.15, 0.2) is 96.6 Å². The van der Waals surface area contributed by atoms with Gasteiger partial charge < -0.3 is 48.5 Å². The third kappa shape index (κ3) is 9.46. The molecule has 6 aliphatic rings. The Labute approximate surface area is 407 Å². The van der Waals surface area contributed by atoms with E-state index in [0.29, 0.717) is 6.54 Å². The minimum absolute atomic E-state index is 0.0186. The number of phenols is 1. The molecule has 70 heavy (non-hydrogen) atoms. The molecule has 2 N–H and O–H groups in total. The zero-order valence-corrected chi connectivity index (χ0v) is 41.3. The number of carbonyl (C=O) groups excluding carboxylic acids is 5. The molecular formula is C53H63N4O13+. The number of methoxy groups -OCH3 is 1. The lowest BCUT2D eigenvalue weighted by Gasteiger charge is -2.50. The number of hydrogen-bond acceptors (Lipinski definition) is 14. The molecule has 9 rings (SSSR count). The highest BCUT2D eigenvalue weighted by Gasteiger charge is 2.54. The van der Waals surface area contributed by atoms with Gasteiger partial charge in [-0.25, -0.2) is 4.57 Å². The van der Waals surface area contributed by atoms with Crippen molar-refractivity contribution in [2.45, 2.75) is 105 Å². The molecule has 7 bridgehead atoms. The number of ketones is 3. The van der Waals surface area contributed by atoms with Crippen molar-refractivity contribution in [2.75, 3.05) is 33.4 Å². The molecule has 0 unspecified atom stereocenters. The zero-order chi connectivity index (χ0) is 50.4. The number of amides is 1. The van der Waals surface area contributed by atoms with E-state index in [-0.39, 0.29) is 77.5 Å². The average Bonchev–Trinajstić information content (AvgIpc) is 3.91.